The number of urea groups is 1. The number of carbonyl (C=O) groups is 1. The highest BCUT2D eigenvalue weighted by Crippen LogP contribution is 2.39. The predicted molar refractivity (Wildman–Crippen MR) is 125 cm³/mol. The molecule has 2 aromatic heterocycles. The molecule has 0 radical (unpaired) electrons. The maximum Gasteiger partial charge on any atom is 0.319 e. The SMILES string of the molecule is CCN1CCc2c(sc(-n3cccc3)c2[C@@H](C)NC(=O)Nc2cccc(C)c2C)C1. The number of hydrogen-bond donors (Lipinski definition) is 2. The number of aromatic nitrogens is 1. The van der Waals surface area contributed by atoms with Gasteiger partial charge in [0.15, 0.2) is 0 Å². The number of aryl methyl sites for hydroxylation is 1. The van der Waals surface area contributed by atoms with Gasteiger partial charge in [-0.25, -0.2) is 4.79 Å². The second-order valence-corrected chi connectivity index (χ2v) is 9.08. The number of nitrogens with zero attached hydrogens (tertiary/aromatic N) is 2. The van der Waals surface area contributed by atoms with Gasteiger partial charge in [-0.3, -0.25) is 4.90 Å². The Morgan fingerprint density at radius 1 is 1.20 bits per heavy atom. The maximum absolute atomic E-state index is 12.8. The number of carbonyl (C=O) groups excluding carboxylic acids is 1. The minimum atomic E-state index is -0.166. The summed E-state index contributed by atoms with van der Waals surface area (Å²) in [6, 6.07) is 9.82. The summed E-state index contributed by atoms with van der Waals surface area (Å²) in [6.07, 6.45) is 5.20. The van der Waals surface area contributed by atoms with Gasteiger partial charge in [0.25, 0.3) is 0 Å². The molecule has 0 bridgehead atoms. The van der Waals surface area contributed by atoms with Crippen molar-refractivity contribution in [2.24, 2.45) is 0 Å². The van der Waals surface area contributed by atoms with Crippen LogP contribution >= 0.6 is 11.3 Å². The van der Waals surface area contributed by atoms with Crippen molar-refractivity contribution in [1.29, 1.82) is 0 Å². The minimum absolute atomic E-state index is 0.0827. The number of hydrogen-bond acceptors (Lipinski definition) is 3. The molecule has 158 valence electrons. The van der Waals surface area contributed by atoms with Crippen molar-refractivity contribution in [2.75, 3.05) is 18.4 Å². The Morgan fingerprint density at radius 3 is 2.70 bits per heavy atom. The van der Waals surface area contributed by atoms with E-state index >= 15 is 0 Å². The van der Waals surface area contributed by atoms with E-state index in [-0.39, 0.29) is 12.1 Å². The average Bonchev–Trinajstić information content (AvgIpc) is 3.38. The fourth-order valence-electron chi connectivity index (χ4n) is 4.16. The second-order valence-electron chi connectivity index (χ2n) is 8.00. The van der Waals surface area contributed by atoms with E-state index in [0.29, 0.717) is 0 Å². The third-order valence-corrected chi connectivity index (χ3v) is 7.32. The number of fused-ring (bicyclic) bond motifs is 1. The molecule has 0 saturated heterocycles. The van der Waals surface area contributed by atoms with Crippen LogP contribution in [0.2, 0.25) is 0 Å². The Hall–Kier alpha value is -2.57. The number of amides is 2. The fourth-order valence-corrected chi connectivity index (χ4v) is 5.61. The summed E-state index contributed by atoms with van der Waals surface area (Å²) in [5.74, 6) is 0. The van der Waals surface area contributed by atoms with Gasteiger partial charge in [0.1, 0.15) is 5.00 Å². The predicted octanol–water partition coefficient (Wildman–Crippen LogP) is 5.42. The van der Waals surface area contributed by atoms with Crippen LogP contribution in [0.25, 0.3) is 5.00 Å². The van der Waals surface area contributed by atoms with Crippen molar-refractivity contribution in [3.8, 4) is 5.00 Å². The quantitative estimate of drug-likeness (QED) is 0.577. The molecule has 2 amide bonds. The summed E-state index contributed by atoms with van der Waals surface area (Å²) < 4.78 is 2.18. The summed E-state index contributed by atoms with van der Waals surface area (Å²) in [6.45, 7) is 11.5. The van der Waals surface area contributed by atoms with Crippen molar-refractivity contribution in [3.63, 3.8) is 0 Å². The first-order valence-corrected chi connectivity index (χ1v) is 11.4. The van der Waals surface area contributed by atoms with E-state index < -0.39 is 0 Å². The van der Waals surface area contributed by atoms with E-state index in [1.165, 1.54) is 26.6 Å². The highest BCUT2D eigenvalue weighted by molar-refractivity contribution is 7.15. The highest BCUT2D eigenvalue weighted by Gasteiger charge is 2.28. The Kier molecular flexibility index (Phi) is 5.97. The van der Waals surface area contributed by atoms with E-state index in [4.69, 9.17) is 0 Å². The fraction of sp³-hybridized carbons (Fsp3) is 0.375. The zero-order valence-electron chi connectivity index (χ0n) is 18.2. The highest BCUT2D eigenvalue weighted by atomic mass is 32.1. The number of benzene rings is 1. The van der Waals surface area contributed by atoms with Crippen molar-refractivity contribution in [2.45, 2.75) is 46.7 Å². The van der Waals surface area contributed by atoms with Crippen LogP contribution in [-0.4, -0.2) is 28.6 Å². The van der Waals surface area contributed by atoms with Crippen LogP contribution in [0.5, 0.6) is 0 Å². The molecular weight excluding hydrogens is 392 g/mol. The molecule has 1 aliphatic rings. The van der Waals surface area contributed by atoms with Crippen LogP contribution in [-0.2, 0) is 13.0 Å². The molecular formula is C24H30N4OS. The molecule has 5 nitrogen and oxygen atoms in total. The van der Waals surface area contributed by atoms with Crippen LogP contribution in [0.4, 0.5) is 10.5 Å². The smallest absolute Gasteiger partial charge is 0.319 e. The van der Waals surface area contributed by atoms with E-state index in [9.17, 15) is 4.79 Å². The summed E-state index contributed by atoms with van der Waals surface area (Å²) in [5.41, 5.74) is 5.78. The number of thiophene rings is 1. The van der Waals surface area contributed by atoms with Gasteiger partial charge < -0.3 is 15.2 Å². The van der Waals surface area contributed by atoms with Crippen LogP contribution in [0.3, 0.4) is 0 Å². The van der Waals surface area contributed by atoms with Gasteiger partial charge in [-0.1, -0.05) is 19.1 Å². The van der Waals surface area contributed by atoms with E-state index in [0.717, 1.165) is 37.3 Å². The summed E-state index contributed by atoms with van der Waals surface area (Å²) in [7, 11) is 0. The topological polar surface area (TPSA) is 49.3 Å². The Balaban J connectivity index is 1.60. The number of nitrogens with one attached hydrogen (secondary N) is 2. The molecule has 3 heterocycles. The lowest BCUT2D eigenvalue weighted by molar-refractivity contribution is 0.249. The largest absolute Gasteiger partial charge is 0.331 e. The summed E-state index contributed by atoms with van der Waals surface area (Å²) in [4.78, 5) is 16.7. The average molecular weight is 423 g/mol. The molecule has 1 aromatic carbocycles. The Morgan fingerprint density at radius 2 is 1.97 bits per heavy atom. The number of anilines is 1. The first kappa shape index (κ1) is 20.7. The zero-order chi connectivity index (χ0) is 21.3. The first-order chi connectivity index (χ1) is 14.5. The van der Waals surface area contributed by atoms with Gasteiger partial charge in [-0.15, -0.1) is 11.3 Å². The van der Waals surface area contributed by atoms with E-state index in [2.05, 4.69) is 59.3 Å². The van der Waals surface area contributed by atoms with Crippen LogP contribution in [0, 0.1) is 13.8 Å². The van der Waals surface area contributed by atoms with Crippen molar-refractivity contribution in [3.05, 3.63) is 69.9 Å². The Bertz CT molecular complexity index is 1040. The Labute approximate surface area is 182 Å². The van der Waals surface area contributed by atoms with E-state index in [1.807, 2.05) is 42.5 Å². The monoisotopic (exact) mass is 422 g/mol. The maximum atomic E-state index is 12.8. The standard InChI is InChI=1S/C24H30N4OS/c1-5-27-14-11-19-21(15-27)30-23(28-12-6-7-13-28)22(19)18(4)25-24(29)26-20-10-8-9-16(2)17(20)3/h6-10,12-13,18H,5,11,14-15H2,1-4H3,(H2,25,26,29)/t18-/m1/s1. The molecule has 0 fully saturated rings. The molecule has 0 unspecified atom stereocenters. The van der Waals surface area contributed by atoms with Crippen molar-refractivity contribution >= 4 is 23.1 Å². The lowest BCUT2D eigenvalue weighted by atomic mass is 9.98. The first-order valence-electron chi connectivity index (χ1n) is 10.6. The van der Waals surface area contributed by atoms with Crippen LogP contribution < -0.4 is 10.6 Å². The van der Waals surface area contributed by atoms with Crippen LogP contribution in [0.1, 0.15) is 47.0 Å². The van der Waals surface area contributed by atoms with Gasteiger partial charge >= 0.3 is 6.03 Å². The molecule has 3 aromatic rings. The molecule has 1 aliphatic heterocycles. The lowest BCUT2D eigenvalue weighted by Crippen LogP contribution is -2.33. The van der Waals surface area contributed by atoms with Gasteiger partial charge in [0.2, 0.25) is 0 Å². The lowest BCUT2D eigenvalue weighted by Gasteiger charge is -2.27. The molecule has 30 heavy (non-hydrogen) atoms. The molecule has 2 N–H and O–H groups in total. The van der Waals surface area contributed by atoms with Crippen molar-refractivity contribution in [1.82, 2.24) is 14.8 Å². The second kappa shape index (κ2) is 8.66. The molecule has 4 rings (SSSR count). The summed E-state index contributed by atoms with van der Waals surface area (Å²) in [5, 5.41) is 7.43. The normalized spacial score (nSPS) is 14.9. The molecule has 0 spiro atoms. The zero-order valence-corrected chi connectivity index (χ0v) is 19.0. The van der Waals surface area contributed by atoms with Crippen molar-refractivity contribution < 1.29 is 4.79 Å². The van der Waals surface area contributed by atoms with E-state index in [1.54, 1.807) is 0 Å². The minimum Gasteiger partial charge on any atom is -0.331 e. The molecule has 0 aliphatic carbocycles. The molecule has 1 atom stereocenters. The molecule has 6 heteroatoms. The van der Waals surface area contributed by atoms with Gasteiger partial charge in [0.05, 0.1) is 6.04 Å². The van der Waals surface area contributed by atoms with Gasteiger partial charge in [-0.2, -0.15) is 0 Å². The van der Waals surface area contributed by atoms with Gasteiger partial charge in [0, 0.05) is 41.6 Å². The molecule has 0 saturated carbocycles. The third-order valence-electron chi connectivity index (χ3n) is 6.08. The number of likely N-dealkylation sites (N-methyl/N-ethyl adjacent to an activating group) is 1. The third kappa shape index (κ3) is 4.02. The van der Waals surface area contributed by atoms with Gasteiger partial charge in [-0.05, 0) is 68.6 Å². The van der Waals surface area contributed by atoms with Crippen LogP contribution in [0.15, 0.2) is 42.7 Å². The summed E-state index contributed by atoms with van der Waals surface area (Å²) >= 11 is 1.85. The number of rotatable bonds is 5.